The zero-order valence-corrected chi connectivity index (χ0v) is 14.9. The SMILES string of the molecule is O[C@@H]1CCC[C@]12CCCN(Cc1ccc3c(c1)Cc1ccccc1-3)C2. The molecule has 1 saturated carbocycles. The van der Waals surface area contributed by atoms with E-state index in [0.29, 0.717) is 0 Å². The van der Waals surface area contributed by atoms with E-state index < -0.39 is 0 Å². The molecule has 0 unspecified atom stereocenters. The monoisotopic (exact) mass is 333 g/mol. The van der Waals surface area contributed by atoms with Crippen LogP contribution in [-0.4, -0.2) is 29.2 Å². The first-order valence-corrected chi connectivity index (χ1v) is 9.84. The number of aliphatic hydroxyl groups is 1. The van der Waals surface area contributed by atoms with Crippen LogP contribution in [0.2, 0.25) is 0 Å². The lowest BCUT2D eigenvalue weighted by Gasteiger charge is -2.42. The van der Waals surface area contributed by atoms with Gasteiger partial charge in [-0.1, -0.05) is 48.9 Å². The van der Waals surface area contributed by atoms with E-state index >= 15 is 0 Å². The van der Waals surface area contributed by atoms with Gasteiger partial charge in [-0.2, -0.15) is 0 Å². The molecule has 2 aliphatic carbocycles. The van der Waals surface area contributed by atoms with Gasteiger partial charge in [0.2, 0.25) is 0 Å². The summed E-state index contributed by atoms with van der Waals surface area (Å²) in [5.74, 6) is 0. The molecule has 2 nitrogen and oxygen atoms in total. The van der Waals surface area contributed by atoms with Crippen molar-refractivity contribution in [2.45, 2.75) is 51.2 Å². The molecule has 2 aromatic rings. The molecule has 1 aliphatic heterocycles. The average Bonchev–Trinajstić information content (AvgIpc) is 3.15. The molecule has 1 N–H and O–H groups in total. The van der Waals surface area contributed by atoms with Crippen LogP contribution in [0.1, 0.15) is 48.8 Å². The third kappa shape index (κ3) is 2.63. The van der Waals surface area contributed by atoms with Crippen molar-refractivity contribution in [2.24, 2.45) is 5.41 Å². The van der Waals surface area contributed by atoms with Crippen LogP contribution >= 0.6 is 0 Å². The lowest BCUT2D eigenvalue weighted by atomic mass is 9.76. The van der Waals surface area contributed by atoms with E-state index in [-0.39, 0.29) is 11.5 Å². The van der Waals surface area contributed by atoms with Crippen molar-refractivity contribution >= 4 is 0 Å². The van der Waals surface area contributed by atoms with Crippen molar-refractivity contribution in [3.05, 3.63) is 59.2 Å². The quantitative estimate of drug-likeness (QED) is 0.752. The summed E-state index contributed by atoms with van der Waals surface area (Å²) in [6.45, 7) is 3.27. The third-order valence-electron chi connectivity index (χ3n) is 6.81. The predicted octanol–water partition coefficient (Wildman–Crippen LogP) is 4.38. The Morgan fingerprint density at radius 1 is 1.00 bits per heavy atom. The molecule has 1 saturated heterocycles. The third-order valence-corrected chi connectivity index (χ3v) is 6.81. The number of benzene rings is 2. The van der Waals surface area contributed by atoms with Gasteiger partial charge in [-0.05, 0) is 66.5 Å². The molecule has 0 radical (unpaired) electrons. The highest BCUT2D eigenvalue weighted by molar-refractivity contribution is 5.76. The molecule has 2 atom stereocenters. The van der Waals surface area contributed by atoms with Crippen molar-refractivity contribution < 1.29 is 5.11 Å². The summed E-state index contributed by atoms with van der Waals surface area (Å²) >= 11 is 0. The Kier molecular flexibility index (Phi) is 3.72. The molecule has 2 aromatic carbocycles. The summed E-state index contributed by atoms with van der Waals surface area (Å²) in [4.78, 5) is 2.59. The molecule has 1 spiro atoms. The number of hydrogen-bond acceptors (Lipinski definition) is 2. The average molecular weight is 333 g/mol. The zero-order valence-electron chi connectivity index (χ0n) is 14.9. The number of fused-ring (bicyclic) bond motifs is 3. The van der Waals surface area contributed by atoms with Crippen LogP contribution in [0.3, 0.4) is 0 Å². The molecule has 2 fully saturated rings. The minimum absolute atomic E-state index is 0.0789. The summed E-state index contributed by atoms with van der Waals surface area (Å²) < 4.78 is 0. The van der Waals surface area contributed by atoms with E-state index in [1.807, 2.05) is 0 Å². The number of likely N-dealkylation sites (tertiary alicyclic amines) is 1. The molecule has 5 rings (SSSR count). The van der Waals surface area contributed by atoms with Crippen LogP contribution in [0.5, 0.6) is 0 Å². The maximum atomic E-state index is 10.5. The highest BCUT2D eigenvalue weighted by atomic mass is 16.3. The van der Waals surface area contributed by atoms with Gasteiger partial charge in [0.25, 0.3) is 0 Å². The van der Waals surface area contributed by atoms with Crippen LogP contribution < -0.4 is 0 Å². The Hall–Kier alpha value is -1.64. The fourth-order valence-corrected chi connectivity index (χ4v) is 5.54. The van der Waals surface area contributed by atoms with Crippen molar-refractivity contribution in [3.63, 3.8) is 0 Å². The number of nitrogens with zero attached hydrogens (tertiary/aromatic N) is 1. The van der Waals surface area contributed by atoms with Crippen LogP contribution in [0.15, 0.2) is 42.5 Å². The second-order valence-electron chi connectivity index (χ2n) is 8.41. The van der Waals surface area contributed by atoms with E-state index in [1.165, 1.54) is 60.0 Å². The van der Waals surface area contributed by atoms with Crippen LogP contribution in [0.4, 0.5) is 0 Å². The Morgan fingerprint density at radius 3 is 2.72 bits per heavy atom. The van der Waals surface area contributed by atoms with Crippen molar-refractivity contribution in [3.8, 4) is 11.1 Å². The van der Waals surface area contributed by atoms with E-state index in [4.69, 9.17) is 0 Å². The van der Waals surface area contributed by atoms with Crippen molar-refractivity contribution in [1.82, 2.24) is 4.90 Å². The Labute approximate surface area is 150 Å². The highest BCUT2D eigenvalue weighted by Gasteiger charge is 2.44. The summed E-state index contributed by atoms with van der Waals surface area (Å²) in [6, 6.07) is 15.8. The van der Waals surface area contributed by atoms with E-state index in [1.54, 1.807) is 0 Å². The fourth-order valence-electron chi connectivity index (χ4n) is 5.54. The number of piperidine rings is 1. The van der Waals surface area contributed by atoms with Gasteiger partial charge in [-0.25, -0.2) is 0 Å². The lowest BCUT2D eigenvalue weighted by molar-refractivity contribution is -0.0120. The highest BCUT2D eigenvalue weighted by Crippen LogP contribution is 2.45. The maximum Gasteiger partial charge on any atom is 0.0608 e. The number of rotatable bonds is 2. The molecule has 2 heteroatoms. The minimum atomic E-state index is -0.0789. The van der Waals surface area contributed by atoms with Gasteiger partial charge in [0.15, 0.2) is 0 Å². The van der Waals surface area contributed by atoms with E-state index in [9.17, 15) is 5.11 Å². The van der Waals surface area contributed by atoms with E-state index in [0.717, 1.165) is 25.9 Å². The van der Waals surface area contributed by atoms with Crippen LogP contribution in [-0.2, 0) is 13.0 Å². The second kappa shape index (κ2) is 5.96. The summed E-state index contributed by atoms with van der Waals surface area (Å²) in [6.07, 6.45) is 6.85. The molecule has 1 heterocycles. The molecule has 0 bridgehead atoms. The molecular weight excluding hydrogens is 306 g/mol. The molecule has 25 heavy (non-hydrogen) atoms. The van der Waals surface area contributed by atoms with Gasteiger partial charge in [0, 0.05) is 18.5 Å². The first kappa shape index (κ1) is 15.6. The van der Waals surface area contributed by atoms with E-state index in [2.05, 4.69) is 47.4 Å². The van der Waals surface area contributed by atoms with Gasteiger partial charge in [0.1, 0.15) is 0 Å². The Bertz CT molecular complexity index is 798. The summed E-state index contributed by atoms with van der Waals surface area (Å²) in [5, 5.41) is 10.5. The lowest BCUT2D eigenvalue weighted by Crippen LogP contribution is -2.46. The fraction of sp³-hybridized carbons (Fsp3) is 0.478. The summed E-state index contributed by atoms with van der Waals surface area (Å²) in [7, 11) is 0. The smallest absolute Gasteiger partial charge is 0.0608 e. The molecular formula is C23H27NO. The first-order chi connectivity index (χ1) is 12.2. The standard InChI is InChI=1S/C23H27NO/c25-22-7-3-10-23(22)11-4-12-24(16-23)15-17-8-9-21-19(13-17)14-18-5-1-2-6-20(18)21/h1-2,5-6,8-9,13,22,25H,3-4,7,10-12,14-16H2/t22-,23-/m1/s1. The Balaban J connectivity index is 1.35. The number of aliphatic hydroxyl groups excluding tert-OH is 1. The van der Waals surface area contributed by atoms with Crippen LogP contribution in [0.25, 0.3) is 11.1 Å². The molecule has 0 aromatic heterocycles. The molecule has 3 aliphatic rings. The number of hydrogen-bond donors (Lipinski definition) is 1. The van der Waals surface area contributed by atoms with Gasteiger partial charge in [0.05, 0.1) is 6.10 Å². The van der Waals surface area contributed by atoms with Gasteiger partial charge in [-0.3, -0.25) is 4.90 Å². The predicted molar refractivity (Wildman–Crippen MR) is 101 cm³/mol. The maximum absolute atomic E-state index is 10.5. The first-order valence-electron chi connectivity index (χ1n) is 9.84. The second-order valence-corrected chi connectivity index (χ2v) is 8.41. The largest absolute Gasteiger partial charge is 0.393 e. The van der Waals surface area contributed by atoms with Gasteiger partial charge < -0.3 is 5.11 Å². The van der Waals surface area contributed by atoms with Crippen molar-refractivity contribution in [1.29, 1.82) is 0 Å². The Morgan fingerprint density at radius 2 is 1.84 bits per heavy atom. The molecule has 0 amide bonds. The van der Waals surface area contributed by atoms with Crippen LogP contribution in [0, 0.1) is 5.41 Å². The van der Waals surface area contributed by atoms with Crippen molar-refractivity contribution in [2.75, 3.05) is 13.1 Å². The normalized spacial score (nSPS) is 28.3. The van der Waals surface area contributed by atoms with Gasteiger partial charge >= 0.3 is 0 Å². The topological polar surface area (TPSA) is 23.5 Å². The van der Waals surface area contributed by atoms with Gasteiger partial charge in [-0.15, -0.1) is 0 Å². The molecule has 130 valence electrons. The zero-order chi connectivity index (χ0) is 16.9. The summed E-state index contributed by atoms with van der Waals surface area (Å²) in [5.41, 5.74) is 7.38. The minimum Gasteiger partial charge on any atom is -0.393 e.